The fourth-order valence-corrected chi connectivity index (χ4v) is 3.18. The highest BCUT2D eigenvalue weighted by molar-refractivity contribution is 9.10. The Morgan fingerprint density at radius 3 is 2.63 bits per heavy atom. The number of rotatable bonds is 5. The predicted octanol–water partition coefficient (Wildman–Crippen LogP) is 3.56. The van der Waals surface area contributed by atoms with Crippen molar-refractivity contribution in [1.82, 2.24) is 10.2 Å². The summed E-state index contributed by atoms with van der Waals surface area (Å²) in [6.07, 6.45) is 6.89. The van der Waals surface area contributed by atoms with Crippen LogP contribution in [0.1, 0.15) is 37.7 Å². The van der Waals surface area contributed by atoms with Crippen molar-refractivity contribution in [2.45, 2.75) is 50.7 Å². The van der Waals surface area contributed by atoms with E-state index in [1.807, 2.05) is 0 Å². The lowest BCUT2D eigenvalue weighted by Crippen LogP contribution is -2.45. The average Bonchev–Trinajstić information content (AvgIpc) is 3.25. The van der Waals surface area contributed by atoms with Crippen LogP contribution in [0.4, 0.5) is 0 Å². The van der Waals surface area contributed by atoms with Gasteiger partial charge in [0.25, 0.3) is 0 Å². The molecular weight excluding hydrogens is 300 g/mol. The summed E-state index contributed by atoms with van der Waals surface area (Å²) in [7, 11) is 0. The van der Waals surface area contributed by atoms with Crippen molar-refractivity contribution in [3.63, 3.8) is 0 Å². The molecule has 104 valence electrons. The van der Waals surface area contributed by atoms with Crippen LogP contribution < -0.4 is 5.32 Å². The van der Waals surface area contributed by atoms with E-state index in [2.05, 4.69) is 50.4 Å². The van der Waals surface area contributed by atoms with Gasteiger partial charge in [0.1, 0.15) is 0 Å². The lowest BCUT2D eigenvalue weighted by molar-refractivity contribution is 0.137. The Labute approximate surface area is 124 Å². The zero-order valence-corrected chi connectivity index (χ0v) is 13.0. The number of likely N-dealkylation sites (tertiary alicyclic amines) is 1. The first-order chi connectivity index (χ1) is 9.31. The van der Waals surface area contributed by atoms with Gasteiger partial charge in [0.15, 0.2) is 0 Å². The van der Waals surface area contributed by atoms with Gasteiger partial charge in [-0.05, 0) is 49.9 Å². The fraction of sp³-hybridized carbons (Fsp3) is 0.625. The molecular formula is C16H23BrN2. The summed E-state index contributed by atoms with van der Waals surface area (Å²) in [6.45, 7) is 3.54. The predicted molar refractivity (Wildman–Crippen MR) is 83.2 cm³/mol. The Kier molecular flexibility index (Phi) is 4.57. The van der Waals surface area contributed by atoms with E-state index < -0.39 is 0 Å². The largest absolute Gasteiger partial charge is 0.312 e. The highest BCUT2D eigenvalue weighted by Gasteiger charge is 2.26. The van der Waals surface area contributed by atoms with Gasteiger partial charge in [-0.3, -0.25) is 4.90 Å². The van der Waals surface area contributed by atoms with Crippen LogP contribution in [0, 0.1) is 0 Å². The second-order valence-electron chi connectivity index (χ2n) is 5.93. The van der Waals surface area contributed by atoms with Crippen LogP contribution >= 0.6 is 15.9 Å². The number of nitrogens with one attached hydrogen (secondary N) is 1. The first-order valence-corrected chi connectivity index (χ1v) is 8.32. The quantitative estimate of drug-likeness (QED) is 0.891. The van der Waals surface area contributed by atoms with Crippen molar-refractivity contribution in [3.05, 3.63) is 34.3 Å². The molecule has 1 unspecified atom stereocenters. The maximum absolute atomic E-state index is 3.70. The minimum Gasteiger partial charge on any atom is -0.312 e. The number of halogens is 1. The third-order valence-electron chi connectivity index (χ3n) is 4.27. The van der Waals surface area contributed by atoms with Crippen molar-refractivity contribution in [3.8, 4) is 0 Å². The molecule has 0 amide bonds. The molecule has 1 aliphatic carbocycles. The topological polar surface area (TPSA) is 15.3 Å². The number of piperidine rings is 1. The van der Waals surface area contributed by atoms with Crippen LogP contribution in [0.15, 0.2) is 28.7 Å². The van der Waals surface area contributed by atoms with E-state index in [1.54, 1.807) is 0 Å². The van der Waals surface area contributed by atoms with Gasteiger partial charge in [-0.1, -0.05) is 34.5 Å². The molecule has 1 N–H and O–H groups in total. The summed E-state index contributed by atoms with van der Waals surface area (Å²) >= 11 is 3.51. The molecule has 0 radical (unpaired) electrons. The molecule has 1 heterocycles. The van der Waals surface area contributed by atoms with Gasteiger partial charge in [0.05, 0.1) is 0 Å². The summed E-state index contributed by atoms with van der Waals surface area (Å²) in [5.74, 6) is 0. The standard InChI is InChI=1S/C16H23BrN2/c17-14-6-4-13(5-7-14)12-19-10-2-1-3-16(19)11-18-15-8-9-15/h4-7,15-16,18H,1-3,8-12H2. The summed E-state index contributed by atoms with van der Waals surface area (Å²) in [4.78, 5) is 2.67. The molecule has 1 aromatic rings. The lowest BCUT2D eigenvalue weighted by atomic mass is 10.0. The molecule has 19 heavy (non-hydrogen) atoms. The molecule has 2 nitrogen and oxygen atoms in total. The van der Waals surface area contributed by atoms with Gasteiger partial charge >= 0.3 is 0 Å². The molecule has 3 rings (SSSR count). The van der Waals surface area contributed by atoms with Gasteiger partial charge in [0.2, 0.25) is 0 Å². The molecule has 0 bridgehead atoms. The first kappa shape index (κ1) is 13.6. The molecule has 0 spiro atoms. The molecule has 1 aliphatic heterocycles. The zero-order chi connectivity index (χ0) is 13.1. The van der Waals surface area contributed by atoms with Crippen molar-refractivity contribution < 1.29 is 0 Å². The van der Waals surface area contributed by atoms with Crippen LogP contribution in [0.25, 0.3) is 0 Å². The number of hydrogen-bond acceptors (Lipinski definition) is 2. The number of nitrogens with zero attached hydrogens (tertiary/aromatic N) is 1. The van der Waals surface area contributed by atoms with Crippen molar-refractivity contribution in [2.75, 3.05) is 13.1 Å². The number of benzene rings is 1. The Bertz CT molecular complexity index is 400. The molecule has 0 aromatic heterocycles. The van der Waals surface area contributed by atoms with E-state index in [9.17, 15) is 0 Å². The monoisotopic (exact) mass is 322 g/mol. The van der Waals surface area contributed by atoms with Crippen LogP contribution in [-0.2, 0) is 6.54 Å². The van der Waals surface area contributed by atoms with Gasteiger partial charge in [0, 0.05) is 29.6 Å². The number of hydrogen-bond donors (Lipinski definition) is 1. The Balaban J connectivity index is 1.57. The third-order valence-corrected chi connectivity index (χ3v) is 4.80. The normalized spacial score (nSPS) is 24.6. The van der Waals surface area contributed by atoms with Crippen LogP contribution in [0.2, 0.25) is 0 Å². The van der Waals surface area contributed by atoms with Gasteiger partial charge in [-0.15, -0.1) is 0 Å². The highest BCUT2D eigenvalue weighted by atomic mass is 79.9. The van der Waals surface area contributed by atoms with E-state index >= 15 is 0 Å². The van der Waals surface area contributed by atoms with Gasteiger partial charge in [-0.2, -0.15) is 0 Å². The second-order valence-corrected chi connectivity index (χ2v) is 6.84. The SMILES string of the molecule is Brc1ccc(CN2CCCCC2CNC2CC2)cc1. The van der Waals surface area contributed by atoms with Crippen molar-refractivity contribution in [1.29, 1.82) is 0 Å². The van der Waals surface area contributed by atoms with Crippen LogP contribution in [0.5, 0.6) is 0 Å². The summed E-state index contributed by atoms with van der Waals surface area (Å²) < 4.78 is 1.17. The molecule has 1 atom stereocenters. The first-order valence-electron chi connectivity index (χ1n) is 7.53. The molecule has 1 saturated heterocycles. The van der Waals surface area contributed by atoms with Gasteiger partial charge < -0.3 is 5.32 Å². The van der Waals surface area contributed by atoms with E-state index in [-0.39, 0.29) is 0 Å². The molecule has 1 aromatic carbocycles. The summed E-state index contributed by atoms with van der Waals surface area (Å²) in [5.41, 5.74) is 1.43. The molecule has 2 aliphatic rings. The maximum Gasteiger partial charge on any atom is 0.0237 e. The molecule has 2 fully saturated rings. The second kappa shape index (κ2) is 6.38. The molecule has 3 heteroatoms. The van der Waals surface area contributed by atoms with E-state index in [1.165, 1.54) is 55.2 Å². The third kappa shape index (κ3) is 4.04. The maximum atomic E-state index is 3.70. The van der Waals surface area contributed by atoms with E-state index in [0.29, 0.717) is 0 Å². The lowest BCUT2D eigenvalue weighted by Gasteiger charge is -2.36. The van der Waals surface area contributed by atoms with Crippen LogP contribution in [0.3, 0.4) is 0 Å². The minimum atomic E-state index is 0.734. The average molecular weight is 323 g/mol. The smallest absolute Gasteiger partial charge is 0.0237 e. The fourth-order valence-electron chi connectivity index (χ4n) is 2.91. The summed E-state index contributed by atoms with van der Waals surface area (Å²) in [6, 6.07) is 10.3. The molecule has 1 saturated carbocycles. The highest BCUT2D eigenvalue weighted by Crippen LogP contribution is 2.23. The Morgan fingerprint density at radius 2 is 1.89 bits per heavy atom. The zero-order valence-electron chi connectivity index (χ0n) is 11.4. The summed E-state index contributed by atoms with van der Waals surface area (Å²) in [5, 5.41) is 3.70. The Hall–Kier alpha value is -0.380. The van der Waals surface area contributed by atoms with Crippen molar-refractivity contribution in [2.24, 2.45) is 0 Å². The van der Waals surface area contributed by atoms with E-state index in [0.717, 1.165) is 18.6 Å². The van der Waals surface area contributed by atoms with E-state index in [4.69, 9.17) is 0 Å². The Morgan fingerprint density at radius 1 is 1.11 bits per heavy atom. The van der Waals surface area contributed by atoms with Gasteiger partial charge in [-0.25, -0.2) is 0 Å². The minimum absolute atomic E-state index is 0.734. The van der Waals surface area contributed by atoms with Crippen LogP contribution in [-0.4, -0.2) is 30.1 Å². The van der Waals surface area contributed by atoms with Crippen molar-refractivity contribution >= 4 is 15.9 Å².